The number of ether oxygens (including phenoxy) is 1. The molecule has 1 amide bonds. The lowest BCUT2D eigenvalue weighted by Gasteiger charge is -2.31. The number of aromatic nitrogens is 2. The van der Waals surface area contributed by atoms with Crippen LogP contribution in [0.3, 0.4) is 0 Å². The largest absolute Gasteiger partial charge is 0.416 e. The molecule has 4 aliphatic heterocycles. The number of rotatable bonds is 1. The van der Waals surface area contributed by atoms with Gasteiger partial charge in [0.25, 0.3) is 0 Å². The Morgan fingerprint density at radius 1 is 1.07 bits per heavy atom. The summed E-state index contributed by atoms with van der Waals surface area (Å²) in [5, 5.41) is 4.59. The normalized spacial score (nSPS) is 23.9. The Morgan fingerprint density at radius 2 is 1.80 bits per heavy atom. The van der Waals surface area contributed by atoms with Crippen LogP contribution in [0.5, 0.6) is 0 Å². The van der Waals surface area contributed by atoms with Gasteiger partial charge in [-0.1, -0.05) is 12.1 Å². The molecule has 3 fully saturated rings. The van der Waals surface area contributed by atoms with E-state index in [4.69, 9.17) is 4.74 Å². The van der Waals surface area contributed by atoms with E-state index in [-0.39, 0.29) is 18.7 Å². The maximum Gasteiger partial charge on any atom is 0.416 e. The first kappa shape index (κ1) is 19.6. The standard InChI is InChI=1S/C21H23F3N4O2/c22-21(23,24)15-3-1-14(2-4-15)19-17-7-12-30-13-18(17)28(25-19)20(29)27-11-10-26-8-5-16(27)6-9-26/h1-4,16H,5-13H2. The molecule has 4 aliphatic rings. The number of fused-ring (bicyclic) bond motifs is 5. The molecule has 6 rings (SSSR count). The zero-order valence-electron chi connectivity index (χ0n) is 16.5. The van der Waals surface area contributed by atoms with Crippen LogP contribution in [0, 0.1) is 0 Å². The number of carbonyl (C=O) groups is 1. The van der Waals surface area contributed by atoms with E-state index in [0.29, 0.717) is 36.5 Å². The van der Waals surface area contributed by atoms with Gasteiger partial charge in [0, 0.05) is 43.3 Å². The van der Waals surface area contributed by atoms with Gasteiger partial charge in [0.05, 0.1) is 30.2 Å². The third kappa shape index (κ3) is 3.39. The highest BCUT2D eigenvalue weighted by atomic mass is 19.4. The minimum Gasteiger partial charge on any atom is -0.375 e. The fourth-order valence-corrected chi connectivity index (χ4v) is 4.71. The van der Waals surface area contributed by atoms with E-state index < -0.39 is 11.7 Å². The molecule has 1 aromatic carbocycles. The fraction of sp³-hybridized carbons (Fsp3) is 0.524. The molecule has 5 heterocycles. The molecule has 2 aromatic rings. The Balaban J connectivity index is 1.51. The predicted octanol–water partition coefficient (Wildman–Crippen LogP) is 3.39. The van der Waals surface area contributed by atoms with Crippen LogP contribution in [0.1, 0.15) is 29.7 Å². The van der Waals surface area contributed by atoms with Gasteiger partial charge >= 0.3 is 12.2 Å². The van der Waals surface area contributed by atoms with Crippen LogP contribution >= 0.6 is 0 Å². The SMILES string of the molecule is O=C(N1CCN2CCC1CC2)n1nc(-c2ccc(C(F)(F)F)cc2)c2c1COCC2. The molecule has 0 saturated carbocycles. The second-order valence-electron chi connectivity index (χ2n) is 8.11. The molecule has 0 aliphatic carbocycles. The van der Waals surface area contributed by atoms with E-state index in [9.17, 15) is 18.0 Å². The first-order valence-corrected chi connectivity index (χ1v) is 10.3. The summed E-state index contributed by atoms with van der Waals surface area (Å²) < 4.78 is 45.8. The first-order chi connectivity index (χ1) is 14.4. The number of nitrogens with zero attached hydrogens (tertiary/aromatic N) is 4. The van der Waals surface area contributed by atoms with E-state index in [1.54, 1.807) is 0 Å². The summed E-state index contributed by atoms with van der Waals surface area (Å²) in [4.78, 5) is 17.7. The number of carbonyl (C=O) groups excluding carboxylic acids is 1. The topological polar surface area (TPSA) is 50.6 Å². The van der Waals surface area contributed by atoms with Crippen LogP contribution in [0.25, 0.3) is 11.3 Å². The molecule has 30 heavy (non-hydrogen) atoms. The Kier molecular flexibility index (Phi) is 4.82. The van der Waals surface area contributed by atoms with Gasteiger partial charge in [0.1, 0.15) is 0 Å². The van der Waals surface area contributed by atoms with Gasteiger partial charge in [-0.15, -0.1) is 0 Å². The lowest BCUT2D eigenvalue weighted by Crippen LogP contribution is -2.44. The third-order valence-corrected chi connectivity index (χ3v) is 6.39. The Hall–Kier alpha value is -2.39. The number of piperidine rings is 1. The fourth-order valence-electron chi connectivity index (χ4n) is 4.71. The lowest BCUT2D eigenvalue weighted by atomic mass is 10.0. The summed E-state index contributed by atoms with van der Waals surface area (Å²) >= 11 is 0. The van der Waals surface area contributed by atoms with Crippen molar-refractivity contribution in [1.29, 1.82) is 0 Å². The number of hydrogen-bond donors (Lipinski definition) is 0. The van der Waals surface area contributed by atoms with Gasteiger partial charge in [-0.05, 0) is 31.4 Å². The smallest absolute Gasteiger partial charge is 0.375 e. The lowest BCUT2D eigenvalue weighted by molar-refractivity contribution is -0.137. The molecule has 9 heteroatoms. The molecule has 0 unspecified atom stereocenters. The average molecular weight is 420 g/mol. The minimum atomic E-state index is -4.39. The van der Waals surface area contributed by atoms with Crippen LogP contribution in [-0.4, -0.2) is 64.4 Å². The molecule has 6 nitrogen and oxygen atoms in total. The average Bonchev–Trinajstić information content (AvgIpc) is 2.87. The van der Waals surface area contributed by atoms with Crippen molar-refractivity contribution in [3.63, 3.8) is 0 Å². The van der Waals surface area contributed by atoms with Gasteiger partial charge < -0.3 is 14.5 Å². The monoisotopic (exact) mass is 420 g/mol. The predicted molar refractivity (Wildman–Crippen MR) is 103 cm³/mol. The van der Waals surface area contributed by atoms with Crippen LogP contribution in [0.4, 0.5) is 18.0 Å². The van der Waals surface area contributed by atoms with Crippen molar-refractivity contribution in [2.24, 2.45) is 0 Å². The summed E-state index contributed by atoms with van der Waals surface area (Å²) in [6.45, 7) is 4.31. The Morgan fingerprint density at radius 3 is 2.50 bits per heavy atom. The summed E-state index contributed by atoms with van der Waals surface area (Å²) in [5.41, 5.74) is 2.04. The molecule has 160 valence electrons. The van der Waals surface area contributed by atoms with Gasteiger partial charge in [-0.2, -0.15) is 23.0 Å². The molecule has 3 saturated heterocycles. The second kappa shape index (κ2) is 7.39. The zero-order valence-corrected chi connectivity index (χ0v) is 16.5. The number of alkyl halides is 3. The number of amides is 1. The van der Waals surface area contributed by atoms with Crippen molar-refractivity contribution < 1.29 is 22.7 Å². The van der Waals surface area contributed by atoms with Crippen LogP contribution in [-0.2, 0) is 23.9 Å². The second-order valence-corrected chi connectivity index (χ2v) is 8.11. The third-order valence-electron chi connectivity index (χ3n) is 6.39. The Bertz CT molecular complexity index is 946. The van der Waals surface area contributed by atoms with E-state index in [0.717, 1.165) is 50.2 Å². The molecule has 0 atom stereocenters. The molecule has 0 radical (unpaired) electrons. The highest BCUT2D eigenvalue weighted by Crippen LogP contribution is 2.34. The molecule has 1 aromatic heterocycles. The van der Waals surface area contributed by atoms with Crippen molar-refractivity contribution in [1.82, 2.24) is 19.6 Å². The molecule has 2 bridgehead atoms. The molecular weight excluding hydrogens is 397 g/mol. The van der Waals surface area contributed by atoms with Gasteiger partial charge in [0.2, 0.25) is 0 Å². The van der Waals surface area contributed by atoms with E-state index in [1.165, 1.54) is 16.8 Å². The van der Waals surface area contributed by atoms with Crippen molar-refractivity contribution in [3.8, 4) is 11.3 Å². The summed E-state index contributed by atoms with van der Waals surface area (Å²) in [5.74, 6) is 0. The highest BCUT2D eigenvalue weighted by molar-refractivity contribution is 5.80. The van der Waals surface area contributed by atoms with Gasteiger partial charge in [0.15, 0.2) is 0 Å². The molecular formula is C21H23F3N4O2. The molecule has 0 N–H and O–H groups in total. The van der Waals surface area contributed by atoms with E-state index in [1.807, 2.05) is 4.90 Å². The van der Waals surface area contributed by atoms with Crippen molar-refractivity contribution in [2.75, 3.05) is 32.8 Å². The van der Waals surface area contributed by atoms with E-state index in [2.05, 4.69) is 10.00 Å². The van der Waals surface area contributed by atoms with Crippen molar-refractivity contribution >= 4 is 6.03 Å². The van der Waals surface area contributed by atoms with E-state index >= 15 is 0 Å². The van der Waals surface area contributed by atoms with Crippen LogP contribution in [0.2, 0.25) is 0 Å². The highest BCUT2D eigenvalue weighted by Gasteiger charge is 2.35. The summed E-state index contributed by atoms with van der Waals surface area (Å²) in [6, 6.07) is 5.01. The van der Waals surface area contributed by atoms with Crippen molar-refractivity contribution in [3.05, 3.63) is 41.1 Å². The maximum atomic E-state index is 13.4. The van der Waals surface area contributed by atoms with Gasteiger partial charge in [-0.3, -0.25) is 0 Å². The minimum absolute atomic E-state index is 0.163. The number of halogens is 3. The quantitative estimate of drug-likeness (QED) is 0.710. The number of benzene rings is 1. The van der Waals surface area contributed by atoms with Crippen molar-refractivity contribution in [2.45, 2.75) is 38.1 Å². The maximum absolute atomic E-state index is 13.4. The first-order valence-electron chi connectivity index (χ1n) is 10.3. The zero-order chi connectivity index (χ0) is 20.9. The van der Waals surface area contributed by atoms with Gasteiger partial charge in [-0.25, -0.2) is 4.79 Å². The molecule has 0 spiro atoms. The summed E-state index contributed by atoms with van der Waals surface area (Å²) in [7, 11) is 0. The van der Waals surface area contributed by atoms with Crippen LogP contribution < -0.4 is 0 Å². The van der Waals surface area contributed by atoms with Crippen LogP contribution in [0.15, 0.2) is 24.3 Å². The summed E-state index contributed by atoms with van der Waals surface area (Å²) in [6.07, 6.45) is -1.89. The Labute approximate surface area is 172 Å². The number of hydrogen-bond acceptors (Lipinski definition) is 4.